The van der Waals surface area contributed by atoms with Crippen LogP contribution in [0.3, 0.4) is 0 Å². The molecular weight excluding hydrogens is 324 g/mol. The van der Waals surface area contributed by atoms with Gasteiger partial charge in [0.2, 0.25) is 5.13 Å². The standard InChI is InChI=1S/C17H18N4O2S/c1-2-3-5-10-15-19-20-17(24-15)18-16(22)13-11-14(23-21-13)12-8-6-4-7-9-12/h4,6-9,11H,2-3,5,10H2,1H3,(H,18,20,22). The van der Waals surface area contributed by atoms with Crippen LogP contribution in [0.15, 0.2) is 40.9 Å². The molecule has 0 aliphatic heterocycles. The van der Waals surface area contributed by atoms with Crippen molar-refractivity contribution in [2.45, 2.75) is 32.6 Å². The first-order valence-electron chi connectivity index (χ1n) is 7.92. The van der Waals surface area contributed by atoms with Gasteiger partial charge in [0.15, 0.2) is 11.5 Å². The number of anilines is 1. The molecule has 0 bridgehead atoms. The van der Waals surface area contributed by atoms with E-state index >= 15 is 0 Å². The molecule has 1 aromatic carbocycles. The van der Waals surface area contributed by atoms with Crippen LogP contribution in [0.4, 0.5) is 5.13 Å². The van der Waals surface area contributed by atoms with Gasteiger partial charge in [-0.05, 0) is 6.42 Å². The zero-order chi connectivity index (χ0) is 16.8. The summed E-state index contributed by atoms with van der Waals surface area (Å²) in [6, 6.07) is 11.1. The van der Waals surface area contributed by atoms with Crippen molar-refractivity contribution in [3.8, 4) is 11.3 Å². The van der Waals surface area contributed by atoms with Gasteiger partial charge in [0, 0.05) is 18.1 Å². The number of amides is 1. The number of aromatic nitrogens is 3. The molecule has 124 valence electrons. The lowest BCUT2D eigenvalue weighted by molar-refractivity contribution is 0.101. The Kier molecular flexibility index (Phi) is 5.32. The second kappa shape index (κ2) is 7.83. The molecule has 0 unspecified atom stereocenters. The molecule has 0 aliphatic carbocycles. The van der Waals surface area contributed by atoms with E-state index in [0.717, 1.165) is 29.8 Å². The Morgan fingerprint density at radius 3 is 2.83 bits per heavy atom. The van der Waals surface area contributed by atoms with Crippen LogP contribution < -0.4 is 5.32 Å². The van der Waals surface area contributed by atoms with Gasteiger partial charge in [-0.3, -0.25) is 10.1 Å². The van der Waals surface area contributed by atoms with E-state index in [1.807, 2.05) is 30.3 Å². The normalized spacial score (nSPS) is 10.7. The molecule has 1 N–H and O–H groups in total. The summed E-state index contributed by atoms with van der Waals surface area (Å²) in [6.45, 7) is 2.16. The number of carbonyl (C=O) groups excluding carboxylic acids is 1. The fraction of sp³-hybridized carbons (Fsp3) is 0.294. The maximum atomic E-state index is 12.2. The third-order valence-corrected chi connectivity index (χ3v) is 4.38. The number of carbonyl (C=O) groups is 1. The average molecular weight is 342 g/mol. The molecule has 2 aromatic heterocycles. The summed E-state index contributed by atoms with van der Waals surface area (Å²) in [6.07, 6.45) is 4.31. The summed E-state index contributed by atoms with van der Waals surface area (Å²) in [5.41, 5.74) is 1.09. The molecule has 7 heteroatoms. The second-order valence-corrected chi connectivity index (χ2v) is 6.42. The van der Waals surface area contributed by atoms with E-state index in [-0.39, 0.29) is 11.6 Å². The third-order valence-electron chi connectivity index (χ3n) is 3.48. The minimum atomic E-state index is -0.350. The molecule has 0 atom stereocenters. The Morgan fingerprint density at radius 2 is 2.04 bits per heavy atom. The highest BCUT2D eigenvalue weighted by Crippen LogP contribution is 2.21. The molecule has 0 saturated carbocycles. The predicted molar refractivity (Wildman–Crippen MR) is 93.0 cm³/mol. The molecule has 3 rings (SSSR count). The van der Waals surface area contributed by atoms with E-state index in [2.05, 4.69) is 27.6 Å². The van der Waals surface area contributed by atoms with Crippen molar-refractivity contribution < 1.29 is 9.32 Å². The van der Waals surface area contributed by atoms with Gasteiger partial charge >= 0.3 is 0 Å². The quantitative estimate of drug-likeness (QED) is 0.652. The lowest BCUT2D eigenvalue weighted by atomic mass is 10.1. The number of nitrogens with zero attached hydrogens (tertiary/aromatic N) is 3. The molecule has 1 amide bonds. The van der Waals surface area contributed by atoms with Crippen LogP contribution in [-0.2, 0) is 6.42 Å². The molecule has 24 heavy (non-hydrogen) atoms. The molecule has 6 nitrogen and oxygen atoms in total. The van der Waals surface area contributed by atoms with Crippen molar-refractivity contribution in [3.63, 3.8) is 0 Å². The summed E-state index contributed by atoms with van der Waals surface area (Å²) in [5.74, 6) is 0.204. The Labute approximate surface area is 143 Å². The SMILES string of the molecule is CCCCCc1nnc(NC(=O)c2cc(-c3ccccc3)on2)s1. The Hall–Kier alpha value is -2.54. The maximum absolute atomic E-state index is 12.2. The summed E-state index contributed by atoms with van der Waals surface area (Å²) in [4.78, 5) is 12.2. The number of unbranched alkanes of at least 4 members (excludes halogenated alkanes) is 2. The van der Waals surface area contributed by atoms with Crippen LogP contribution in [-0.4, -0.2) is 21.3 Å². The summed E-state index contributed by atoms with van der Waals surface area (Å²) in [5, 5.41) is 16.1. The van der Waals surface area contributed by atoms with Gasteiger partial charge in [0.05, 0.1) is 0 Å². The first-order chi connectivity index (χ1) is 11.8. The topological polar surface area (TPSA) is 80.9 Å². The van der Waals surface area contributed by atoms with E-state index < -0.39 is 0 Å². The van der Waals surface area contributed by atoms with E-state index in [1.165, 1.54) is 17.8 Å². The minimum Gasteiger partial charge on any atom is -0.355 e. The summed E-state index contributed by atoms with van der Waals surface area (Å²) in [7, 11) is 0. The van der Waals surface area contributed by atoms with Crippen molar-refractivity contribution in [2.75, 3.05) is 5.32 Å². The average Bonchev–Trinajstić information content (AvgIpc) is 3.26. The van der Waals surface area contributed by atoms with E-state index in [1.54, 1.807) is 6.07 Å². The van der Waals surface area contributed by atoms with Crippen molar-refractivity contribution in [1.82, 2.24) is 15.4 Å². The monoisotopic (exact) mass is 342 g/mol. The van der Waals surface area contributed by atoms with Gasteiger partial charge < -0.3 is 4.52 Å². The number of nitrogens with one attached hydrogen (secondary N) is 1. The predicted octanol–water partition coefficient (Wildman–Crippen LogP) is 4.18. The zero-order valence-corrected chi connectivity index (χ0v) is 14.2. The summed E-state index contributed by atoms with van der Waals surface area (Å²) >= 11 is 1.40. The van der Waals surface area contributed by atoms with Crippen molar-refractivity contribution in [1.29, 1.82) is 0 Å². The lowest BCUT2D eigenvalue weighted by Crippen LogP contribution is -2.11. The fourth-order valence-electron chi connectivity index (χ4n) is 2.21. The number of aryl methyl sites for hydroxylation is 1. The molecule has 0 saturated heterocycles. The van der Waals surface area contributed by atoms with Crippen LogP contribution in [0.1, 0.15) is 41.7 Å². The molecule has 0 fully saturated rings. The smallest absolute Gasteiger partial charge is 0.279 e. The van der Waals surface area contributed by atoms with Crippen LogP contribution in [0, 0.1) is 0 Å². The first kappa shape index (κ1) is 16.3. The zero-order valence-electron chi connectivity index (χ0n) is 13.4. The maximum Gasteiger partial charge on any atom is 0.279 e. The highest BCUT2D eigenvalue weighted by atomic mass is 32.1. The van der Waals surface area contributed by atoms with Crippen molar-refractivity contribution in [2.24, 2.45) is 0 Å². The van der Waals surface area contributed by atoms with Gasteiger partial charge in [-0.25, -0.2) is 0 Å². The van der Waals surface area contributed by atoms with Crippen LogP contribution in [0.25, 0.3) is 11.3 Å². The summed E-state index contributed by atoms with van der Waals surface area (Å²) < 4.78 is 5.24. The van der Waals surface area contributed by atoms with Crippen molar-refractivity contribution >= 4 is 22.4 Å². The Balaban J connectivity index is 1.62. The first-order valence-corrected chi connectivity index (χ1v) is 8.74. The van der Waals surface area contributed by atoms with Gasteiger partial charge in [-0.2, -0.15) is 0 Å². The lowest BCUT2D eigenvalue weighted by Gasteiger charge is -1.95. The van der Waals surface area contributed by atoms with E-state index in [4.69, 9.17) is 4.52 Å². The van der Waals surface area contributed by atoms with Gasteiger partial charge in [0.1, 0.15) is 5.01 Å². The fourth-order valence-corrected chi connectivity index (χ4v) is 2.99. The molecule has 0 radical (unpaired) electrons. The van der Waals surface area contributed by atoms with E-state index in [9.17, 15) is 4.79 Å². The number of hydrogen-bond donors (Lipinski definition) is 1. The minimum absolute atomic E-state index is 0.219. The highest BCUT2D eigenvalue weighted by Gasteiger charge is 2.15. The van der Waals surface area contributed by atoms with Crippen LogP contribution >= 0.6 is 11.3 Å². The van der Waals surface area contributed by atoms with E-state index in [0.29, 0.717) is 10.9 Å². The van der Waals surface area contributed by atoms with Crippen LogP contribution in [0.2, 0.25) is 0 Å². The number of hydrogen-bond acceptors (Lipinski definition) is 6. The largest absolute Gasteiger partial charge is 0.355 e. The molecule has 3 aromatic rings. The Bertz CT molecular complexity index is 798. The highest BCUT2D eigenvalue weighted by molar-refractivity contribution is 7.15. The number of rotatable bonds is 7. The Morgan fingerprint density at radius 1 is 1.21 bits per heavy atom. The molecule has 2 heterocycles. The van der Waals surface area contributed by atoms with Gasteiger partial charge in [0.25, 0.3) is 5.91 Å². The third kappa shape index (κ3) is 4.05. The van der Waals surface area contributed by atoms with Crippen LogP contribution in [0.5, 0.6) is 0 Å². The van der Waals surface area contributed by atoms with Gasteiger partial charge in [-0.15, -0.1) is 10.2 Å². The molecule has 0 spiro atoms. The molecular formula is C17H18N4O2S. The second-order valence-electron chi connectivity index (χ2n) is 5.35. The molecule has 0 aliphatic rings. The van der Waals surface area contributed by atoms with Gasteiger partial charge in [-0.1, -0.05) is 66.6 Å². The van der Waals surface area contributed by atoms with Crippen molar-refractivity contribution in [3.05, 3.63) is 47.1 Å². The number of benzene rings is 1.